The van der Waals surface area contributed by atoms with Gasteiger partial charge in [0.2, 0.25) is 11.8 Å². The van der Waals surface area contributed by atoms with E-state index in [0.717, 1.165) is 32.4 Å². The van der Waals surface area contributed by atoms with Crippen molar-refractivity contribution in [2.45, 2.75) is 70.9 Å². The molecule has 0 spiro atoms. The van der Waals surface area contributed by atoms with Gasteiger partial charge in [0.25, 0.3) is 0 Å². The van der Waals surface area contributed by atoms with E-state index in [1.165, 1.54) is 19.4 Å². The summed E-state index contributed by atoms with van der Waals surface area (Å²) in [4.78, 5) is 21.5. The van der Waals surface area contributed by atoms with Crippen molar-refractivity contribution in [1.29, 1.82) is 0 Å². The van der Waals surface area contributed by atoms with Crippen molar-refractivity contribution >= 4 is 5.91 Å². The van der Waals surface area contributed by atoms with Crippen LogP contribution in [0.1, 0.15) is 57.2 Å². The number of amides is 1. The van der Waals surface area contributed by atoms with Crippen molar-refractivity contribution in [3.63, 3.8) is 0 Å². The van der Waals surface area contributed by atoms with Crippen LogP contribution in [0.2, 0.25) is 0 Å². The molecule has 0 radical (unpaired) electrons. The molecule has 0 aromatic carbocycles. The molecule has 3 rings (SSSR count). The summed E-state index contributed by atoms with van der Waals surface area (Å²) in [7, 11) is 0. The van der Waals surface area contributed by atoms with Gasteiger partial charge in [-0.05, 0) is 52.1 Å². The van der Waals surface area contributed by atoms with Crippen LogP contribution in [0.25, 0.3) is 0 Å². The second kappa shape index (κ2) is 7.43. The molecule has 2 saturated heterocycles. The van der Waals surface area contributed by atoms with Gasteiger partial charge in [-0.3, -0.25) is 9.69 Å². The Morgan fingerprint density at radius 2 is 2.04 bits per heavy atom. The Hall–Kier alpha value is -1.43. The third kappa shape index (κ3) is 3.74. The van der Waals surface area contributed by atoms with E-state index in [9.17, 15) is 4.79 Å². The Balaban J connectivity index is 1.51. The number of likely N-dealkylation sites (tertiary alicyclic amines) is 2. The normalized spacial score (nSPS) is 25.4. The highest BCUT2D eigenvalue weighted by atomic mass is 16.5. The van der Waals surface area contributed by atoms with E-state index in [1.807, 2.05) is 6.92 Å². The van der Waals surface area contributed by atoms with Crippen LogP contribution in [-0.2, 0) is 11.2 Å². The fourth-order valence-electron chi connectivity index (χ4n) is 4.16. The average molecular weight is 320 g/mol. The molecule has 1 amide bonds. The highest BCUT2D eigenvalue weighted by Crippen LogP contribution is 2.30. The third-order valence-electron chi connectivity index (χ3n) is 5.24. The van der Waals surface area contributed by atoms with Crippen LogP contribution in [0.4, 0.5) is 0 Å². The lowest BCUT2D eigenvalue weighted by atomic mass is 10.0. The number of hydrogen-bond donors (Lipinski definition) is 0. The highest BCUT2D eigenvalue weighted by molar-refractivity contribution is 5.76. The molecule has 1 aromatic rings. The molecule has 128 valence electrons. The molecular weight excluding hydrogens is 292 g/mol. The predicted molar refractivity (Wildman–Crippen MR) is 87.0 cm³/mol. The maximum absolute atomic E-state index is 12.6. The minimum atomic E-state index is 0.298. The molecule has 1 aromatic heterocycles. The molecular formula is C17H28N4O2. The number of carbonyl (C=O) groups excluding carboxylic acids is 1. The van der Waals surface area contributed by atoms with Crippen LogP contribution in [0.15, 0.2) is 4.52 Å². The summed E-state index contributed by atoms with van der Waals surface area (Å²) >= 11 is 0. The molecule has 2 atom stereocenters. The largest absolute Gasteiger partial charge is 0.339 e. The van der Waals surface area contributed by atoms with E-state index in [4.69, 9.17) is 4.52 Å². The summed E-state index contributed by atoms with van der Waals surface area (Å²) in [6, 6.07) is 1.00. The number of carbonyl (C=O) groups is 1. The van der Waals surface area contributed by atoms with Gasteiger partial charge in [0.15, 0.2) is 5.82 Å². The first-order chi connectivity index (χ1) is 11.2. The number of hydrogen-bond acceptors (Lipinski definition) is 5. The van der Waals surface area contributed by atoms with Gasteiger partial charge in [0, 0.05) is 31.5 Å². The van der Waals surface area contributed by atoms with Gasteiger partial charge in [-0.2, -0.15) is 4.98 Å². The lowest BCUT2D eigenvalue weighted by Crippen LogP contribution is -2.48. The topological polar surface area (TPSA) is 62.5 Å². The lowest BCUT2D eigenvalue weighted by Gasteiger charge is -2.34. The van der Waals surface area contributed by atoms with Gasteiger partial charge in [-0.1, -0.05) is 12.1 Å². The minimum Gasteiger partial charge on any atom is -0.339 e. The SMILES string of the molecule is CCN1CCC[C@H]1[C@@H]1CCCN1C(=O)CCCc1nc(C)no1. The van der Waals surface area contributed by atoms with Crippen LogP contribution in [-0.4, -0.2) is 57.6 Å². The first kappa shape index (κ1) is 16.4. The molecule has 0 aliphatic carbocycles. The van der Waals surface area contributed by atoms with E-state index < -0.39 is 0 Å². The standard InChI is InChI=1S/C17H28N4O2/c1-3-20-11-5-7-14(20)15-8-6-12-21(15)17(22)10-4-9-16-18-13(2)19-23-16/h14-15H,3-12H2,1-2H3/t14-,15-/m0/s1. The molecule has 3 heterocycles. The molecule has 2 aliphatic rings. The summed E-state index contributed by atoms with van der Waals surface area (Å²) < 4.78 is 5.11. The monoisotopic (exact) mass is 320 g/mol. The predicted octanol–water partition coefficient (Wildman–Crippen LogP) is 2.18. The maximum atomic E-state index is 12.6. The smallest absolute Gasteiger partial charge is 0.226 e. The Morgan fingerprint density at radius 1 is 1.26 bits per heavy atom. The second-order valence-electron chi connectivity index (χ2n) is 6.72. The highest BCUT2D eigenvalue weighted by Gasteiger charge is 2.38. The number of aryl methyl sites for hydroxylation is 2. The van der Waals surface area contributed by atoms with E-state index in [0.29, 0.717) is 42.5 Å². The number of nitrogens with zero attached hydrogens (tertiary/aromatic N) is 4. The van der Waals surface area contributed by atoms with Gasteiger partial charge in [0.1, 0.15) is 0 Å². The fourth-order valence-corrected chi connectivity index (χ4v) is 4.16. The quantitative estimate of drug-likeness (QED) is 0.804. The van der Waals surface area contributed by atoms with Crippen LogP contribution < -0.4 is 0 Å². The zero-order valence-electron chi connectivity index (χ0n) is 14.3. The third-order valence-corrected chi connectivity index (χ3v) is 5.24. The first-order valence-corrected chi connectivity index (χ1v) is 9.01. The van der Waals surface area contributed by atoms with Crippen molar-refractivity contribution < 1.29 is 9.32 Å². The molecule has 6 heteroatoms. The van der Waals surface area contributed by atoms with E-state index in [1.54, 1.807) is 0 Å². The molecule has 23 heavy (non-hydrogen) atoms. The Kier molecular flexibility index (Phi) is 5.30. The Labute approximate surface area is 138 Å². The average Bonchev–Trinajstić information content (AvgIpc) is 3.26. The van der Waals surface area contributed by atoms with Crippen molar-refractivity contribution in [2.75, 3.05) is 19.6 Å². The van der Waals surface area contributed by atoms with E-state index in [-0.39, 0.29) is 0 Å². The van der Waals surface area contributed by atoms with Gasteiger partial charge in [-0.15, -0.1) is 0 Å². The summed E-state index contributed by atoms with van der Waals surface area (Å²) in [5.41, 5.74) is 0. The Bertz CT molecular complexity index is 530. The van der Waals surface area contributed by atoms with Crippen LogP contribution in [0.3, 0.4) is 0 Å². The molecule has 2 aliphatic heterocycles. The van der Waals surface area contributed by atoms with E-state index >= 15 is 0 Å². The van der Waals surface area contributed by atoms with Gasteiger partial charge >= 0.3 is 0 Å². The van der Waals surface area contributed by atoms with Gasteiger partial charge < -0.3 is 9.42 Å². The van der Waals surface area contributed by atoms with E-state index in [2.05, 4.69) is 26.9 Å². The number of likely N-dealkylation sites (N-methyl/N-ethyl adjacent to an activating group) is 1. The van der Waals surface area contributed by atoms with Crippen molar-refractivity contribution in [1.82, 2.24) is 19.9 Å². The summed E-state index contributed by atoms with van der Waals surface area (Å²) in [6.07, 6.45) is 6.87. The van der Waals surface area contributed by atoms with Crippen LogP contribution >= 0.6 is 0 Å². The molecule has 6 nitrogen and oxygen atoms in total. The first-order valence-electron chi connectivity index (χ1n) is 9.01. The summed E-state index contributed by atoms with van der Waals surface area (Å²) in [5.74, 6) is 1.60. The number of rotatable bonds is 6. The molecule has 0 unspecified atom stereocenters. The Morgan fingerprint density at radius 3 is 2.78 bits per heavy atom. The fraction of sp³-hybridized carbons (Fsp3) is 0.824. The van der Waals surface area contributed by atoms with Crippen LogP contribution in [0.5, 0.6) is 0 Å². The number of aromatic nitrogens is 2. The molecule has 0 bridgehead atoms. The molecule has 2 fully saturated rings. The van der Waals surface area contributed by atoms with Crippen LogP contribution in [0, 0.1) is 6.92 Å². The van der Waals surface area contributed by atoms with Crippen molar-refractivity contribution in [3.8, 4) is 0 Å². The zero-order chi connectivity index (χ0) is 16.2. The summed E-state index contributed by atoms with van der Waals surface area (Å²) in [6.45, 7) is 7.26. The second-order valence-corrected chi connectivity index (χ2v) is 6.72. The lowest BCUT2D eigenvalue weighted by molar-refractivity contribution is -0.133. The maximum Gasteiger partial charge on any atom is 0.226 e. The minimum absolute atomic E-state index is 0.298. The van der Waals surface area contributed by atoms with Crippen molar-refractivity contribution in [2.24, 2.45) is 0 Å². The summed E-state index contributed by atoms with van der Waals surface area (Å²) in [5, 5.41) is 3.79. The van der Waals surface area contributed by atoms with Gasteiger partial charge in [-0.25, -0.2) is 0 Å². The van der Waals surface area contributed by atoms with Gasteiger partial charge in [0.05, 0.1) is 0 Å². The molecule has 0 saturated carbocycles. The van der Waals surface area contributed by atoms with Crippen molar-refractivity contribution in [3.05, 3.63) is 11.7 Å². The molecule has 0 N–H and O–H groups in total. The zero-order valence-corrected chi connectivity index (χ0v) is 14.3.